The number of amides is 1. The minimum Gasteiger partial charge on any atom is -0.462 e. The van der Waals surface area contributed by atoms with Gasteiger partial charge in [-0.3, -0.25) is 9.59 Å². The lowest BCUT2D eigenvalue weighted by Gasteiger charge is -2.40. The molecule has 0 radical (unpaired) electrons. The molecule has 17 nitrogen and oxygen atoms in total. The Morgan fingerprint density at radius 1 is 1.05 bits per heavy atom. The molecule has 2 aromatic heterocycles. The summed E-state index contributed by atoms with van der Waals surface area (Å²) in [6.45, 7) is 9.30. The molecule has 3 aliphatic rings. The molecule has 8 atom stereocenters. The van der Waals surface area contributed by atoms with Crippen LogP contribution < -0.4 is 32.0 Å². The van der Waals surface area contributed by atoms with Gasteiger partial charge in [0.25, 0.3) is 5.56 Å². The summed E-state index contributed by atoms with van der Waals surface area (Å²) in [6.07, 6.45) is -2.71. The standard InChI is InChI=1S/C47H58N6O11S/c1-7-28-29-13-9-10-14-33(29)50-37-30(28)22-53-35(37)21-32-31(42(53)57)23-61-45(59)47(32,8-2)64-43(58)36(24(3)4)52-41(56)34(15-11-12-20-48)51-46(65)49-26-16-18-27(19-17-26)63-44-39(55)40(60-6)38(54)25(5)62-44/h9-10,13-14,16-19,21,24-25,34,36,38-40,44,54-55H,7-8,11-12,15,20,22-23,48H2,1-6H3,(H,52,56)(H2,49,51,65)/t25?,34-,36-,38?,39?,40?,44?,47?/m0/s1. The summed E-state index contributed by atoms with van der Waals surface area (Å²) < 4.78 is 30.2. The lowest BCUT2D eigenvalue weighted by Crippen LogP contribution is -2.59. The maximum atomic E-state index is 14.4. The van der Waals surface area contributed by atoms with Crippen LogP contribution in [0.2, 0.25) is 0 Å². The molecular weight excluding hydrogens is 857 g/mol. The van der Waals surface area contributed by atoms with Crippen molar-refractivity contribution in [2.24, 2.45) is 11.7 Å². The van der Waals surface area contributed by atoms with E-state index in [2.05, 4.69) is 22.9 Å². The van der Waals surface area contributed by atoms with Crippen LogP contribution in [0.3, 0.4) is 0 Å². The summed E-state index contributed by atoms with van der Waals surface area (Å²) >= 11 is 5.63. The Labute approximate surface area is 382 Å². The lowest BCUT2D eigenvalue weighted by atomic mass is 9.85. The summed E-state index contributed by atoms with van der Waals surface area (Å²) in [5.74, 6) is -2.36. The van der Waals surface area contributed by atoms with Crippen LogP contribution in [0.25, 0.3) is 22.3 Å². The molecular formula is C47H58N6O11S. The number of esters is 2. The summed E-state index contributed by atoms with van der Waals surface area (Å²) in [7, 11) is 1.39. The number of hydrogen-bond donors (Lipinski definition) is 6. The lowest BCUT2D eigenvalue weighted by molar-refractivity contribution is -0.272. The Morgan fingerprint density at radius 2 is 1.78 bits per heavy atom. The zero-order valence-electron chi connectivity index (χ0n) is 37.4. The number of pyridine rings is 2. The van der Waals surface area contributed by atoms with Gasteiger partial charge in [-0.15, -0.1) is 0 Å². The van der Waals surface area contributed by atoms with Crippen LogP contribution in [-0.4, -0.2) is 99.2 Å². The molecule has 6 unspecified atom stereocenters. The first kappa shape index (κ1) is 47.5. The normalized spacial score (nSPS) is 23.1. The number of hydrogen-bond acceptors (Lipinski definition) is 14. The number of nitrogens with two attached hydrogens (primary N) is 1. The highest BCUT2D eigenvalue weighted by Gasteiger charge is 2.52. The van der Waals surface area contributed by atoms with Crippen LogP contribution in [0.15, 0.2) is 59.4 Å². The molecule has 65 heavy (non-hydrogen) atoms. The third-order valence-corrected chi connectivity index (χ3v) is 12.7. The summed E-state index contributed by atoms with van der Waals surface area (Å²) in [4.78, 5) is 61.6. The van der Waals surface area contributed by atoms with E-state index in [0.717, 1.165) is 28.5 Å². The molecule has 2 aromatic carbocycles. The van der Waals surface area contributed by atoms with Crippen molar-refractivity contribution < 1.29 is 48.3 Å². The van der Waals surface area contributed by atoms with Gasteiger partial charge < -0.3 is 60.1 Å². The molecule has 7 rings (SSSR count). The molecule has 0 saturated carbocycles. The number of aromatic nitrogens is 2. The van der Waals surface area contributed by atoms with Gasteiger partial charge in [0.2, 0.25) is 17.8 Å². The second-order valence-corrected chi connectivity index (χ2v) is 17.4. The first-order chi connectivity index (χ1) is 31.2. The minimum absolute atomic E-state index is 0.0469. The van der Waals surface area contributed by atoms with Crippen molar-refractivity contribution in [2.45, 2.75) is 128 Å². The molecule has 348 valence electrons. The number of para-hydroxylation sites is 1. The highest BCUT2D eigenvalue weighted by Crippen LogP contribution is 2.42. The maximum Gasteiger partial charge on any atom is 0.355 e. The number of carbonyl (C=O) groups excluding carboxylic acids is 3. The molecule has 1 amide bonds. The number of ether oxygens (including phenoxy) is 5. The van der Waals surface area contributed by atoms with E-state index < -0.39 is 72.2 Å². The molecule has 1 fully saturated rings. The number of nitrogens with one attached hydrogen (secondary N) is 3. The Hall–Kier alpha value is -5.50. The zero-order chi connectivity index (χ0) is 46.7. The Bertz CT molecular complexity index is 2500. The summed E-state index contributed by atoms with van der Waals surface area (Å²) in [6, 6.07) is 14.1. The number of aliphatic hydroxyl groups is 2. The second kappa shape index (κ2) is 19.9. The van der Waals surface area contributed by atoms with E-state index in [4.69, 9.17) is 46.6 Å². The Morgan fingerprint density at radius 3 is 2.46 bits per heavy atom. The number of anilines is 1. The molecule has 0 aliphatic carbocycles. The van der Waals surface area contributed by atoms with E-state index >= 15 is 0 Å². The largest absolute Gasteiger partial charge is 0.462 e. The fourth-order valence-electron chi connectivity index (χ4n) is 8.87. The second-order valence-electron chi connectivity index (χ2n) is 17.0. The molecule has 3 aliphatic heterocycles. The number of rotatable bonds is 16. The zero-order valence-corrected chi connectivity index (χ0v) is 38.2. The number of nitrogens with zero attached hydrogens (tertiary/aromatic N) is 2. The van der Waals surface area contributed by atoms with E-state index in [-0.39, 0.29) is 34.8 Å². The van der Waals surface area contributed by atoms with Crippen LogP contribution >= 0.6 is 12.2 Å². The number of carbonyl (C=O) groups is 3. The first-order valence-electron chi connectivity index (χ1n) is 22.1. The molecule has 18 heteroatoms. The van der Waals surface area contributed by atoms with Crippen molar-refractivity contribution in [3.63, 3.8) is 0 Å². The monoisotopic (exact) mass is 914 g/mol. The summed E-state index contributed by atoms with van der Waals surface area (Å²) in [5, 5.41) is 31.0. The third kappa shape index (κ3) is 9.33. The van der Waals surface area contributed by atoms with Crippen molar-refractivity contribution in [1.29, 1.82) is 0 Å². The number of aliphatic hydroxyl groups excluding tert-OH is 2. The van der Waals surface area contributed by atoms with Gasteiger partial charge in [-0.05, 0) is 106 Å². The Kier molecular flexibility index (Phi) is 14.6. The number of thiocarbonyl (C=S) groups is 1. The number of unbranched alkanes of at least 4 members (excludes halogenated alkanes) is 1. The van der Waals surface area contributed by atoms with Crippen molar-refractivity contribution in [3.05, 3.63) is 87.2 Å². The van der Waals surface area contributed by atoms with Gasteiger partial charge in [-0.2, -0.15) is 0 Å². The third-order valence-electron chi connectivity index (χ3n) is 12.5. The van der Waals surface area contributed by atoms with Gasteiger partial charge in [-0.25, -0.2) is 14.6 Å². The number of cyclic esters (lactones) is 1. The van der Waals surface area contributed by atoms with Crippen LogP contribution in [0.4, 0.5) is 5.69 Å². The fraction of sp³-hybridized carbons (Fsp3) is 0.489. The van der Waals surface area contributed by atoms with Crippen molar-refractivity contribution >= 4 is 51.8 Å². The van der Waals surface area contributed by atoms with Gasteiger partial charge in [0.1, 0.15) is 42.8 Å². The highest BCUT2D eigenvalue weighted by atomic mass is 32.1. The van der Waals surface area contributed by atoms with Crippen molar-refractivity contribution in [3.8, 4) is 17.1 Å². The predicted octanol–water partition coefficient (Wildman–Crippen LogP) is 3.68. The summed E-state index contributed by atoms with van der Waals surface area (Å²) in [5.41, 5.74) is 8.40. The predicted molar refractivity (Wildman–Crippen MR) is 245 cm³/mol. The highest BCUT2D eigenvalue weighted by molar-refractivity contribution is 7.80. The number of fused-ring (bicyclic) bond motifs is 5. The van der Waals surface area contributed by atoms with Gasteiger partial charge in [-0.1, -0.05) is 45.9 Å². The van der Waals surface area contributed by atoms with Gasteiger partial charge >= 0.3 is 11.9 Å². The molecule has 0 bridgehead atoms. The SMILES string of the molecule is CCc1c2c(nc3ccccc13)-c1cc3c(c(=O)n1C2)COC(=O)C3(CC)OC(=O)[C@@H](NC(=O)[C@H](CCCCN)NC(=S)Nc1ccc(OC2OC(C)C(O)C(OC)C2O)cc1)C(C)C. The Balaban J connectivity index is 1.07. The van der Waals surface area contributed by atoms with Crippen LogP contribution in [0.5, 0.6) is 5.75 Å². The average molecular weight is 915 g/mol. The van der Waals surface area contributed by atoms with Crippen LogP contribution in [-0.2, 0) is 58.5 Å². The van der Waals surface area contributed by atoms with Crippen molar-refractivity contribution in [1.82, 2.24) is 20.2 Å². The van der Waals surface area contributed by atoms with E-state index in [1.165, 1.54) is 7.11 Å². The smallest absolute Gasteiger partial charge is 0.355 e. The topological polar surface area (TPSA) is 235 Å². The van der Waals surface area contributed by atoms with E-state index in [0.29, 0.717) is 55.2 Å². The van der Waals surface area contributed by atoms with Gasteiger partial charge in [0, 0.05) is 29.3 Å². The van der Waals surface area contributed by atoms with E-state index in [1.54, 1.807) is 62.6 Å². The van der Waals surface area contributed by atoms with Gasteiger partial charge in [0.05, 0.1) is 35.1 Å². The van der Waals surface area contributed by atoms with Crippen LogP contribution in [0, 0.1) is 5.92 Å². The molecule has 5 heterocycles. The molecule has 1 saturated heterocycles. The number of methoxy groups -OCH3 is 1. The molecule has 7 N–H and O–H groups in total. The quantitative estimate of drug-likeness (QED) is 0.0471. The number of aryl methyl sites for hydroxylation is 1. The maximum absolute atomic E-state index is 14.4. The average Bonchev–Trinajstić information content (AvgIpc) is 3.66. The van der Waals surface area contributed by atoms with E-state index in [1.807, 2.05) is 24.3 Å². The molecule has 4 aromatic rings. The van der Waals surface area contributed by atoms with E-state index in [9.17, 15) is 29.4 Å². The first-order valence-corrected chi connectivity index (χ1v) is 22.5. The number of benzene rings is 2. The van der Waals surface area contributed by atoms with Crippen LogP contribution in [0.1, 0.15) is 82.6 Å². The van der Waals surface area contributed by atoms with Gasteiger partial charge in [0.15, 0.2) is 5.11 Å². The minimum atomic E-state index is -1.98. The van der Waals surface area contributed by atoms with Crippen molar-refractivity contribution in [2.75, 3.05) is 19.0 Å². The molecule has 0 spiro atoms. The fourth-order valence-corrected chi connectivity index (χ4v) is 9.13.